The summed E-state index contributed by atoms with van der Waals surface area (Å²) in [7, 11) is 0. The van der Waals surface area contributed by atoms with Gasteiger partial charge in [0.15, 0.2) is 0 Å². The number of aryl methyl sites for hydroxylation is 1. The molecule has 4 nitrogen and oxygen atoms in total. The maximum absolute atomic E-state index is 10.9. The number of hydrogen-bond acceptors (Lipinski definition) is 3. The Morgan fingerprint density at radius 2 is 2.44 bits per heavy atom. The summed E-state index contributed by atoms with van der Waals surface area (Å²) in [6.07, 6.45) is 1.40. The molecule has 0 aliphatic carbocycles. The normalized spacial score (nSPS) is 18.4. The van der Waals surface area contributed by atoms with E-state index in [1.54, 1.807) is 0 Å². The van der Waals surface area contributed by atoms with Crippen LogP contribution in [-0.4, -0.2) is 23.7 Å². The van der Waals surface area contributed by atoms with Crippen molar-refractivity contribution in [3.05, 3.63) is 23.8 Å². The van der Waals surface area contributed by atoms with Gasteiger partial charge in [0.1, 0.15) is 11.8 Å². The van der Waals surface area contributed by atoms with Gasteiger partial charge in [-0.1, -0.05) is 12.1 Å². The molecule has 2 N–H and O–H groups in total. The van der Waals surface area contributed by atoms with Crippen molar-refractivity contribution in [3.8, 4) is 5.75 Å². The number of hydrogen-bond donors (Lipinski definition) is 2. The summed E-state index contributed by atoms with van der Waals surface area (Å²) in [5.41, 5.74) is 1.96. The van der Waals surface area contributed by atoms with E-state index in [0.717, 1.165) is 23.4 Å². The van der Waals surface area contributed by atoms with Crippen molar-refractivity contribution in [2.45, 2.75) is 25.8 Å². The number of nitrogens with one attached hydrogen (secondary N) is 1. The molecule has 2 rings (SSSR count). The zero-order chi connectivity index (χ0) is 11.5. The Hall–Kier alpha value is -1.71. The molecule has 16 heavy (non-hydrogen) atoms. The van der Waals surface area contributed by atoms with Crippen molar-refractivity contribution in [3.63, 3.8) is 0 Å². The molecular weight excluding hydrogens is 206 g/mol. The van der Waals surface area contributed by atoms with E-state index in [-0.39, 0.29) is 0 Å². The minimum atomic E-state index is -0.808. The Morgan fingerprint density at radius 1 is 1.62 bits per heavy atom. The first-order valence-electron chi connectivity index (χ1n) is 5.46. The minimum absolute atomic E-state index is 0.505. The first-order valence-corrected chi connectivity index (χ1v) is 5.46. The summed E-state index contributed by atoms with van der Waals surface area (Å²) in [6, 6.07) is 5.30. The summed E-state index contributed by atoms with van der Waals surface area (Å²) in [6.45, 7) is 2.49. The fourth-order valence-electron chi connectivity index (χ4n) is 1.96. The Morgan fingerprint density at radius 3 is 3.12 bits per heavy atom. The van der Waals surface area contributed by atoms with Crippen molar-refractivity contribution >= 4 is 11.7 Å². The SMILES string of the molecule is CCOc1cccc2c1NC(C(=O)O)CC2. The highest BCUT2D eigenvalue weighted by atomic mass is 16.5. The van der Waals surface area contributed by atoms with E-state index in [1.807, 2.05) is 25.1 Å². The Labute approximate surface area is 94.2 Å². The summed E-state index contributed by atoms with van der Waals surface area (Å²) >= 11 is 0. The van der Waals surface area contributed by atoms with Gasteiger partial charge in [0.25, 0.3) is 0 Å². The van der Waals surface area contributed by atoms with Crippen LogP contribution in [0.1, 0.15) is 18.9 Å². The smallest absolute Gasteiger partial charge is 0.326 e. The second-order valence-corrected chi connectivity index (χ2v) is 3.80. The van der Waals surface area contributed by atoms with Gasteiger partial charge in [0.2, 0.25) is 0 Å². The monoisotopic (exact) mass is 221 g/mol. The van der Waals surface area contributed by atoms with Gasteiger partial charge < -0.3 is 15.2 Å². The highest BCUT2D eigenvalue weighted by Gasteiger charge is 2.25. The van der Waals surface area contributed by atoms with Gasteiger partial charge in [-0.3, -0.25) is 0 Å². The molecular formula is C12H15NO3. The van der Waals surface area contributed by atoms with Crippen LogP contribution < -0.4 is 10.1 Å². The molecule has 1 unspecified atom stereocenters. The molecule has 86 valence electrons. The standard InChI is InChI=1S/C12H15NO3/c1-2-16-10-5-3-4-8-6-7-9(12(14)15)13-11(8)10/h3-5,9,13H,2,6-7H2,1H3,(H,14,15). The summed E-state index contributed by atoms with van der Waals surface area (Å²) in [5, 5.41) is 12.0. The quantitative estimate of drug-likeness (QED) is 0.818. The number of aliphatic carboxylic acids is 1. The lowest BCUT2D eigenvalue weighted by atomic mass is 9.97. The van der Waals surface area contributed by atoms with Gasteiger partial charge in [-0.25, -0.2) is 4.79 Å². The predicted molar refractivity (Wildman–Crippen MR) is 61.0 cm³/mol. The van der Waals surface area contributed by atoms with Crippen LogP contribution in [0.2, 0.25) is 0 Å². The van der Waals surface area contributed by atoms with Gasteiger partial charge in [-0.15, -0.1) is 0 Å². The van der Waals surface area contributed by atoms with Gasteiger partial charge >= 0.3 is 5.97 Å². The van der Waals surface area contributed by atoms with Gasteiger partial charge in [0, 0.05) is 0 Å². The van der Waals surface area contributed by atoms with Crippen LogP contribution in [-0.2, 0) is 11.2 Å². The molecule has 0 amide bonds. The molecule has 1 aliphatic rings. The van der Waals surface area contributed by atoms with E-state index in [0.29, 0.717) is 13.0 Å². The zero-order valence-electron chi connectivity index (χ0n) is 9.19. The number of benzene rings is 1. The summed E-state index contributed by atoms with van der Waals surface area (Å²) < 4.78 is 5.48. The molecule has 0 aromatic heterocycles. The number of ether oxygens (including phenoxy) is 1. The Bertz CT molecular complexity index is 403. The van der Waals surface area contributed by atoms with Gasteiger partial charge in [-0.2, -0.15) is 0 Å². The van der Waals surface area contributed by atoms with Crippen LogP contribution in [0.15, 0.2) is 18.2 Å². The highest BCUT2D eigenvalue weighted by Crippen LogP contribution is 2.33. The molecule has 1 atom stereocenters. The Kier molecular flexibility index (Phi) is 2.99. The maximum atomic E-state index is 10.9. The van der Waals surface area contributed by atoms with Crippen LogP contribution in [0.25, 0.3) is 0 Å². The van der Waals surface area contributed by atoms with Crippen LogP contribution in [0.5, 0.6) is 5.75 Å². The lowest BCUT2D eigenvalue weighted by Crippen LogP contribution is -2.33. The molecule has 4 heteroatoms. The molecule has 0 fully saturated rings. The molecule has 0 radical (unpaired) electrons. The van der Waals surface area contributed by atoms with Gasteiger partial charge in [-0.05, 0) is 31.4 Å². The van der Waals surface area contributed by atoms with E-state index < -0.39 is 12.0 Å². The molecule has 0 spiro atoms. The van der Waals surface area contributed by atoms with Crippen LogP contribution in [0.3, 0.4) is 0 Å². The molecule has 0 saturated heterocycles. The third kappa shape index (κ3) is 1.96. The Balaban J connectivity index is 2.30. The predicted octanol–water partition coefficient (Wildman–Crippen LogP) is 1.90. The summed E-state index contributed by atoms with van der Waals surface area (Å²) in [5.74, 6) is -0.0668. The number of rotatable bonds is 3. The number of anilines is 1. The molecule has 1 aromatic carbocycles. The van der Waals surface area contributed by atoms with E-state index >= 15 is 0 Å². The second-order valence-electron chi connectivity index (χ2n) is 3.80. The van der Waals surface area contributed by atoms with Gasteiger partial charge in [0.05, 0.1) is 12.3 Å². The molecule has 0 saturated carbocycles. The van der Waals surface area contributed by atoms with E-state index in [4.69, 9.17) is 9.84 Å². The first-order chi connectivity index (χ1) is 7.72. The fourth-order valence-corrected chi connectivity index (χ4v) is 1.96. The van der Waals surface area contributed by atoms with Crippen molar-refractivity contribution in [1.29, 1.82) is 0 Å². The fraction of sp³-hybridized carbons (Fsp3) is 0.417. The third-order valence-corrected chi connectivity index (χ3v) is 2.73. The number of carboxylic acid groups (broad SMARTS) is 1. The largest absolute Gasteiger partial charge is 0.492 e. The van der Waals surface area contributed by atoms with Crippen LogP contribution in [0, 0.1) is 0 Å². The van der Waals surface area contributed by atoms with Crippen molar-refractivity contribution in [2.75, 3.05) is 11.9 Å². The third-order valence-electron chi connectivity index (χ3n) is 2.73. The van der Waals surface area contributed by atoms with Crippen molar-refractivity contribution in [2.24, 2.45) is 0 Å². The van der Waals surface area contributed by atoms with E-state index in [2.05, 4.69) is 5.32 Å². The van der Waals surface area contributed by atoms with E-state index in [1.165, 1.54) is 0 Å². The minimum Gasteiger partial charge on any atom is -0.492 e. The summed E-state index contributed by atoms with van der Waals surface area (Å²) in [4.78, 5) is 10.9. The molecule has 1 heterocycles. The number of fused-ring (bicyclic) bond motifs is 1. The number of para-hydroxylation sites is 1. The molecule has 1 aliphatic heterocycles. The average Bonchev–Trinajstić information content (AvgIpc) is 2.29. The highest BCUT2D eigenvalue weighted by molar-refractivity contribution is 5.80. The number of carboxylic acids is 1. The second kappa shape index (κ2) is 4.43. The van der Waals surface area contributed by atoms with Crippen molar-refractivity contribution in [1.82, 2.24) is 0 Å². The average molecular weight is 221 g/mol. The topological polar surface area (TPSA) is 58.6 Å². The van der Waals surface area contributed by atoms with E-state index in [9.17, 15) is 4.79 Å². The lowest BCUT2D eigenvalue weighted by Gasteiger charge is -2.25. The zero-order valence-corrected chi connectivity index (χ0v) is 9.19. The number of carbonyl (C=O) groups is 1. The first kappa shape index (κ1) is 10.8. The molecule has 0 bridgehead atoms. The maximum Gasteiger partial charge on any atom is 0.326 e. The van der Waals surface area contributed by atoms with Crippen LogP contribution >= 0.6 is 0 Å². The lowest BCUT2D eigenvalue weighted by molar-refractivity contribution is -0.138. The van der Waals surface area contributed by atoms with Crippen molar-refractivity contribution < 1.29 is 14.6 Å². The molecule has 1 aromatic rings. The van der Waals surface area contributed by atoms with Crippen LogP contribution in [0.4, 0.5) is 5.69 Å².